The van der Waals surface area contributed by atoms with E-state index >= 15 is 0 Å². The zero-order valence-corrected chi connectivity index (χ0v) is 38.0. The van der Waals surface area contributed by atoms with Gasteiger partial charge in [0.2, 0.25) is 30.6 Å². The van der Waals surface area contributed by atoms with Crippen LogP contribution in [0.4, 0.5) is 11.6 Å². The highest BCUT2D eigenvalue weighted by Crippen LogP contribution is 2.26. The summed E-state index contributed by atoms with van der Waals surface area (Å²) in [5.74, 6) is 0.136. The molecular weight excluding hydrogens is 982 g/mol. The highest BCUT2D eigenvalue weighted by atomic mass is 127. The van der Waals surface area contributed by atoms with Gasteiger partial charge in [-0.2, -0.15) is 18.6 Å². The Bertz CT molecular complexity index is 2290. The summed E-state index contributed by atoms with van der Waals surface area (Å²) in [6.07, 6.45) is 5.49. The molecule has 4 aliphatic heterocycles. The number of alkyl halides is 1. The number of anilines is 2. The van der Waals surface area contributed by atoms with Gasteiger partial charge in [-0.3, -0.25) is 4.79 Å². The van der Waals surface area contributed by atoms with Crippen LogP contribution in [0.15, 0.2) is 24.5 Å². The van der Waals surface area contributed by atoms with Gasteiger partial charge in [0.1, 0.15) is 11.0 Å². The Labute approximate surface area is 373 Å². The number of rotatable bonds is 6. The second-order valence-electron chi connectivity index (χ2n) is 13.4. The number of aromatic nitrogens is 6. The molecule has 1 amide bonds. The minimum Gasteiger partial charge on any atom is -0.478 e. The third-order valence-corrected chi connectivity index (χ3v) is 12.4. The molecule has 0 atom stereocenters. The van der Waals surface area contributed by atoms with Crippen LogP contribution in [0.3, 0.4) is 0 Å². The van der Waals surface area contributed by atoms with Crippen LogP contribution < -0.4 is 15.1 Å². The van der Waals surface area contributed by atoms with E-state index in [9.17, 15) is 26.4 Å². The van der Waals surface area contributed by atoms with Crippen LogP contribution in [0.5, 0.6) is 0 Å². The van der Waals surface area contributed by atoms with Gasteiger partial charge in [0.15, 0.2) is 11.6 Å². The number of nitrogens with one attached hydrogen (secondary N) is 1. The molecule has 0 bridgehead atoms. The molecule has 60 heavy (non-hydrogen) atoms. The summed E-state index contributed by atoms with van der Waals surface area (Å²) in [7, 11) is -6.17. The van der Waals surface area contributed by atoms with Gasteiger partial charge in [0.25, 0.3) is 5.91 Å². The Balaban J connectivity index is 0.000000214. The lowest BCUT2D eigenvalue weighted by atomic mass is 10.2. The Morgan fingerprint density at radius 2 is 1.08 bits per heavy atom. The maximum Gasteiger partial charge on any atom is 0.337 e. The van der Waals surface area contributed by atoms with E-state index in [1.807, 2.05) is 9.83 Å². The van der Waals surface area contributed by atoms with Gasteiger partial charge in [-0.1, -0.05) is 30.0 Å². The molecule has 4 fully saturated rings. The van der Waals surface area contributed by atoms with E-state index in [1.54, 1.807) is 27.7 Å². The van der Waals surface area contributed by atoms with E-state index in [2.05, 4.69) is 53.0 Å². The monoisotopic (exact) mass is 1030 g/mol. The molecule has 0 spiro atoms. The SMILES string of the molecule is C.CI.CS(=O)(=O)N1CCN(C(=O)c2cc3c(N4CCOCC4)nc(Cl)nn3c2)CC1.CS(=O)(=O)N1CCNCC1.O=C(O)c1cc2c(N3CCOCC3)nc(Cl)nn2c1. The lowest BCUT2D eigenvalue weighted by Crippen LogP contribution is -2.50. The van der Waals surface area contributed by atoms with E-state index in [1.165, 1.54) is 31.8 Å². The van der Waals surface area contributed by atoms with Crippen molar-refractivity contribution in [2.24, 2.45) is 0 Å². The van der Waals surface area contributed by atoms with Gasteiger partial charge in [-0.25, -0.2) is 30.7 Å². The first-order chi connectivity index (χ1) is 28.1. The van der Waals surface area contributed by atoms with Crippen molar-refractivity contribution in [3.8, 4) is 0 Å². The van der Waals surface area contributed by atoms with Gasteiger partial charge in [0.05, 0.1) is 50.1 Å². The van der Waals surface area contributed by atoms with Crippen molar-refractivity contribution in [1.82, 2.24) is 48.0 Å². The van der Waals surface area contributed by atoms with E-state index in [-0.39, 0.29) is 29.5 Å². The van der Waals surface area contributed by atoms with E-state index in [0.717, 1.165) is 13.1 Å². The Hall–Kier alpha value is -3.21. The van der Waals surface area contributed by atoms with Crippen LogP contribution in [-0.2, 0) is 29.5 Å². The number of piperazine rings is 2. The molecule has 8 heterocycles. The molecule has 0 aliphatic carbocycles. The summed E-state index contributed by atoms with van der Waals surface area (Å²) in [5, 5.41) is 20.5. The lowest BCUT2D eigenvalue weighted by Gasteiger charge is -2.33. The smallest absolute Gasteiger partial charge is 0.337 e. The number of carbonyl (C=O) groups excluding carboxylic acids is 1. The third-order valence-electron chi connectivity index (χ3n) is 9.49. The van der Waals surface area contributed by atoms with Crippen LogP contribution in [0.25, 0.3) is 11.0 Å². The molecule has 4 aliphatic rings. The normalized spacial score (nSPS) is 18.0. The molecule has 4 saturated heterocycles. The van der Waals surface area contributed by atoms with Gasteiger partial charge in [0, 0.05) is 90.9 Å². The number of ether oxygens (including phenoxy) is 2. The third kappa shape index (κ3) is 12.9. The number of hydrogen-bond donors (Lipinski definition) is 2. The summed E-state index contributed by atoms with van der Waals surface area (Å²) in [6.45, 7) is 9.23. The number of carbonyl (C=O) groups is 2. The number of fused-ring (bicyclic) bond motifs is 2. The first-order valence-corrected chi connectivity index (χ1v) is 25.0. The number of halogens is 3. The molecule has 4 aromatic rings. The number of aromatic carboxylic acids is 1. The zero-order valence-electron chi connectivity index (χ0n) is 32.7. The molecule has 2 N–H and O–H groups in total. The van der Waals surface area contributed by atoms with E-state index in [4.69, 9.17) is 37.8 Å². The van der Waals surface area contributed by atoms with Gasteiger partial charge < -0.3 is 34.6 Å². The molecule has 0 radical (unpaired) electrons. The van der Waals surface area contributed by atoms with E-state index < -0.39 is 26.0 Å². The van der Waals surface area contributed by atoms with Gasteiger partial charge >= 0.3 is 5.97 Å². The predicted molar refractivity (Wildman–Crippen MR) is 237 cm³/mol. The quantitative estimate of drug-likeness (QED) is 0.205. The summed E-state index contributed by atoms with van der Waals surface area (Å²) >= 11 is 14.1. The van der Waals surface area contributed by atoms with Gasteiger partial charge in [-0.05, 0) is 40.3 Å². The van der Waals surface area contributed by atoms with Crippen LogP contribution in [0, 0.1) is 0 Å². The first kappa shape index (κ1) is 49.4. The summed E-state index contributed by atoms with van der Waals surface area (Å²) in [4.78, 5) is 40.2. The minimum atomic E-state index is -3.24. The fraction of sp³-hybridized carbons (Fsp3) is 0.588. The standard InChI is InChI=1S/C16H21ClN6O4S.C11H11ClN4O3.C5H12N2O2S.CH3I.CH4/c1-28(25,26)22-4-2-21(3-5-22)15(24)12-10-13-14(20-6-8-27-9-7-20)18-16(17)19-23(13)11-12;12-11-13-9(15-1-3-19-4-2-15)8-5-7(10(17)18)6-16(8)14-11;1-10(8,9)7-4-2-6-3-5-7;1-2;/h10-11H,2-9H2,1H3;5-6H,1-4H2,(H,17,18);6H,2-5H2,1H3;1H3;1H4. The van der Waals surface area contributed by atoms with E-state index in [0.29, 0.717) is 120 Å². The number of nitrogens with zero attached hydrogens (tertiary/aromatic N) is 11. The number of morpholine rings is 2. The van der Waals surface area contributed by atoms with Crippen molar-refractivity contribution in [1.29, 1.82) is 0 Å². The number of carboxylic acid groups (broad SMARTS) is 1. The molecule has 4 aromatic heterocycles. The molecule has 8 rings (SSSR count). The summed E-state index contributed by atoms with van der Waals surface area (Å²) in [5.41, 5.74) is 1.96. The Morgan fingerprint density at radius 1 is 0.683 bits per heavy atom. The van der Waals surface area contributed by atoms with Crippen molar-refractivity contribution < 1.29 is 41.0 Å². The van der Waals surface area contributed by atoms with Crippen LogP contribution in [0.2, 0.25) is 10.6 Å². The van der Waals surface area contributed by atoms with Crippen molar-refractivity contribution >= 4 is 100 Å². The van der Waals surface area contributed by atoms with Crippen LogP contribution in [0.1, 0.15) is 28.1 Å². The summed E-state index contributed by atoms with van der Waals surface area (Å²) in [6, 6.07) is 3.30. The highest BCUT2D eigenvalue weighted by molar-refractivity contribution is 14.1. The van der Waals surface area contributed by atoms with Crippen molar-refractivity contribution in [2.75, 3.05) is 132 Å². The molecular formula is C34H51Cl2IN12O9S2. The molecule has 334 valence electrons. The number of amides is 1. The second kappa shape index (κ2) is 22.2. The average Bonchev–Trinajstić information content (AvgIpc) is 3.87. The Kier molecular flexibility index (Phi) is 18.3. The molecule has 0 unspecified atom stereocenters. The largest absolute Gasteiger partial charge is 0.478 e. The molecule has 0 aromatic carbocycles. The topological polar surface area (TPSA) is 230 Å². The molecule has 21 nitrogen and oxygen atoms in total. The van der Waals surface area contributed by atoms with Crippen molar-refractivity contribution in [3.05, 3.63) is 46.2 Å². The number of hydrogen-bond acceptors (Lipinski definition) is 15. The zero-order chi connectivity index (χ0) is 42.9. The van der Waals surface area contributed by atoms with Gasteiger partial charge in [-0.15, -0.1) is 10.2 Å². The Morgan fingerprint density at radius 3 is 1.48 bits per heavy atom. The van der Waals surface area contributed by atoms with Crippen LogP contribution in [-0.4, -0.2) is 199 Å². The maximum atomic E-state index is 12.9. The lowest BCUT2D eigenvalue weighted by molar-refractivity contribution is 0.0689. The highest BCUT2D eigenvalue weighted by Gasteiger charge is 2.28. The molecule has 26 heteroatoms. The van der Waals surface area contributed by atoms with Crippen molar-refractivity contribution in [3.63, 3.8) is 0 Å². The summed E-state index contributed by atoms with van der Waals surface area (Å²) < 4.78 is 61.6. The fourth-order valence-corrected chi connectivity index (χ4v) is 8.54. The fourth-order valence-electron chi connectivity index (χ4n) is 6.55. The number of carboxylic acids is 1. The average molecular weight is 1030 g/mol. The van der Waals surface area contributed by atoms with Crippen LogP contribution >= 0.6 is 45.8 Å². The minimum absolute atomic E-state index is 0. The maximum absolute atomic E-state index is 12.9. The van der Waals surface area contributed by atoms with Crippen molar-refractivity contribution in [2.45, 2.75) is 7.43 Å². The first-order valence-electron chi connectivity index (χ1n) is 18.4. The second-order valence-corrected chi connectivity index (χ2v) is 18.0. The predicted octanol–water partition coefficient (Wildman–Crippen LogP) is 1.39. The number of sulfonamides is 2. The molecule has 0 saturated carbocycles.